The fourth-order valence-corrected chi connectivity index (χ4v) is 4.94. The van der Waals surface area contributed by atoms with Crippen molar-refractivity contribution in [2.45, 2.75) is 30.6 Å². The maximum Gasteiger partial charge on any atom is 0.224 e. The topological polar surface area (TPSA) is 81.6 Å². The van der Waals surface area contributed by atoms with E-state index in [1.165, 1.54) is 6.26 Å². The molecule has 2 fully saturated rings. The van der Waals surface area contributed by atoms with E-state index in [9.17, 15) is 8.42 Å². The predicted octanol–water partition coefficient (Wildman–Crippen LogP) is 1.41. The molecule has 3 heterocycles. The van der Waals surface area contributed by atoms with Gasteiger partial charge in [0, 0.05) is 32.1 Å². The van der Waals surface area contributed by atoms with E-state index in [1.54, 1.807) is 6.07 Å². The zero-order chi connectivity index (χ0) is 17.4. The van der Waals surface area contributed by atoms with Crippen molar-refractivity contribution in [2.24, 2.45) is 0 Å². The number of anilines is 1. The Kier molecular flexibility index (Phi) is 5.01. The molecule has 0 amide bonds. The van der Waals surface area contributed by atoms with Gasteiger partial charge in [-0.1, -0.05) is 0 Å². The highest BCUT2D eigenvalue weighted by atomic mass is 35.5. The Morgan fingerprint density at radius 1 is 1.25 bits per heavy atom. The molecule has 134 valence electrons. The second-order valence-electron chi connectivity index (χ2n) is 6.38. The van der Waals surface area contributed by atoms with Crippen molar-refractivity contribution in [3.63, 3.8) is 0 Å². The molecule has 9 heteroatoms. The monoisotopic (exact) mass is 375 g/mol. The molecule has 1 atom stereocenters. The van der Waals surface area contributed by atoms with E-state index in [0.29, 0.717) is 57.3 Å². The summed E-state index contributed by atoms with van der Waals surface area (Å²) in [5.41, 5.74) is 0.460. The highest BCUT2D eigenvalue weighted by Crippen LogP contribution is 2.40. The molecule has 0 spiro atoms. The zero-order valence-electron chi connectivity index (χ0n) is 13.9. The van der Waals surface area contributed by atoms with Gasteiger partial charge in [-0.2, -0.15) is 0 Å². The number of aromatic nitrogens is 2. The average molecular weight is 376 g/mol. The zero-order valence-corrected chi connectivity index (χ0v) is 15.4. The molecule has 0 aromatic carbocycles. The van der Waals surface area contributed by atoms with Crippen molar-refractivity contribution in [1.29, 1.82) is 0 Å². The van der Waals surface area contributed by atoms with Gasteiger partial charge < -0.3 is 14.4 Å². The first-order chi connectivity index (χ1) is 11.3. The van der Waals surface area contributed by atoms with Gasteiger partial charge in [0.2, 0.25) is 5.28 Å². The Bertz CT molecular complexity index is 707. The Balaban J connectivity index is 2.07. The summed E-state index contributed by atoms with van der Waals surface area (Å²) in [6, 6.07) is 1.90. The van der Waals surface area contributed by atoms with Crippen LogP contribution >= 0.6 is 11.6 Å². The SMILES string of the molecule is C[C@H]1COCCN1c1cc(C2(S(C)(=O)=O)CCOCC2)nc(Cl)n1. The molecule has 0 unspecified atom stereocenters. The first kappa shape index (κ1) is 17.8. The van der Waals surface area contributed by atoms with Crippen LogP contribution in [0.25, 0.3) is 0 Å². The molecule has 7 nitrogen and oxygen atoms in total. The van der Waals surface area contributed by atoms with Crippen LogP contribution in [0.4, 0.5) is 5.82 Å². The third-order valence-electron chi connectivity index (χ3n) is 4.82. The van der Waals surface area contributed by atoms with Gasteiger partial charge in [0.05, 0.1) is 24.9 Å². The summed E-state index contributed by atoms with van der Waals surface area (Å²) in [5.74, 6) is 0.648. The minimum absolute atomic E-state index is 0.0655. The van der Waals surface area contributed by atoms with E-state index in [4.69, 9.17) is 21.1 Å². The lowest BCUT2D eigenvalue weighted by Crippen LogP contribution is -2.45. The number of ether oxygens (including phenoxy) is 2. The Morgan fingerprint density at radius 3 is 2.58 bits per heavy atom. The molecule has 1 aromatic rings. The van der Waals surface area contributed by atoms with Crippen LogP contribution in [0.15, 0.2) is 6.07 Å². The van der Waals surface area contributed by atoms with E-state index in [0.717, 1.165) is 0 Å². The summed E-state index contributed by atoms with van der Waals surface area (Å²) in [6.45, 7) is 4.70. The van der Waals surface area contributed by atoms with Crippen molar-refractivity contribution in [3.05, 3.63) is 17.0 Å². The number of hydrogen-bond donors (Lipinski definition) is 0. The third-order valence-corrected chi connectivity index (χ3v) is 7.03. The number of halogens is 1. The number of rotatable bonds is 3. The Morgan fingerprint density at radius 2 is 1.96 bits per heavy atom. The second-order valence-corrected chi connectivity index (χ2v) is 9.04. The van der Waals surface area contributed by atoms with Crippen LogP contribution < -0.4 is 4.90 Å². The first-order valence-electron chi connectivity index (χ1n) is 8.00. The van der Waals surface area contributed by atoms with E-state index < -0.39 is 14.6 Å². The van der Waals surface area contributed by atoms with E-state index in [1.807, 2.05) is 6.92 Å². The highest BCUT2D eigenvalue weighted by Gasteiger charge is 2.46. The lowest BCUT2D eigenvalue weighted by atomic mass is 9.94. The van der Waals surface area contributed by atoms with Gasteiger partial charge in [-0.25, -0.2) is 18.4 Å². The molecular formula is C15H22ClN3O4S. The van der Waals surface area contributed by atoms with Crippen LogP contribution in [-0.4, -0.2) is 63.7 Å². The highest BCUT2D eigenvalue weighted by molar-refractivity contribution is 7.91. The summed E-state index contributed by atoms with van der Waals surface area (Å²) >= 11 is 6.14. The van der Waals surface area contributed by atoms with Crippen molar-refractivity contribution in [1.82, 2.24) is 9.97 Å². The molecular weight excluding hydrogens is 354 g/mol. The lowest BCUT2D eigenvalue weighted by Gasteiger charge is -2.37. The smallest absolute Gasteiger partial charge is 0.224 e. The van der Waals surface area contributed by atoms with E-state index in [-0.39, 0.29) is 11.3 Å². The Hall–Kier alpha value is -0.960. The van der Waals surface area contributed by atoms with Gasteiger partial charge in [0.25, 0.3) is 0 Å². The van der Waals surface area contributed by atoms with Gasteiger partial charge in [0.1, 0.15) is 10.6 Å². The van der Waals surface area contributed by atoms with Gasteiger partial charge in [-0.3, -0.25) is 0 Å². The van der Waals surface area contributed by atoms with Crippen LogP contribution in [0.5, 0.6) is 0 Å². The minimum atomic E-state index is -3.39. The maximum absolute atomic E-state index is 12.6. The van der Waals surface area contributed by atoms with Gasteiger partial charge in [0.15, 0.2) is 9.84 Å². The number of sulfone groups is 1. The fraction of sp³-hybridized carbons (Fsp3) is 0.733. The van der Waals surface area contributed by atoms with Crippen LogP contribution in [0.2, 0.25) is 5.28 Å². The summed E-state index contributed by atoms with van der Waals surface area (Å²) in [4.78, 5) is 10.7. The fourth-order valence-electron chi connectivity index (χ4n) is 3.37. The largest absolute Gasteiger partial charge is 0.381 e. The molecule has 0 N–H and O–H groups in total. The molecule has 24 heavy (non-hydrogen) atoms. The van der Waals surface area contributed by atoms with Crippen LogP contribution in [0.3, 0.4) is 0 Å². The molecule has 2 aliphatic rings. The second kappa shape index (κ2) is 6.74. The minimum Gasteiger partial charge on any atom is -0.381 e. The molecule has 3 rings (SSSR count). The third kappa shape index (κ3) is 3.24. The standard InChI is InChI=1S/C15H22ClN3O4S/c1-11-10-23-8-5-19(11)13-9-12(17-14(16)18-13)15(24(2,20)21)3-6-22-7-4-15/h9,11H,3-8,10H2,1-2H3/t11-/m0/s1. The molecule has 0 saturated carbocycles. The van der Waals surface area contributed by atoms with Crippen LogP contribution in [0.1, 0.15) is 25.5 Å². The van der Waals surface area contributed by atoms with Crippen LogP contribution in [0, 0.1) is 0 Å². The van der Waals surface area contributed by atoms with Crippen molar-refractivity contribution in [3.8, 4) is 0 Å². The quantitative estimate of drug-likeness (QED) is 0.738. The van der Waals surface area contributed by atoms with E-state index >= 15 is 0 Å². The van der Waals surface area contributed by atoms with Crippen molar-refractivity contribution in [2.75, 3.05) is 44.1 Å². The van der Waals surface area contributed by atoms with Crippen molar-refractivity contribution < 1.29 is 17.9 Å². The molecule has 1 aromatic heterocycles. The lowest BCUT2D eigenvalue weighted by molar-refractivity contribution is 0.0731. The summed E-state index contributed by atoms with van der Waals surface area (Å²) in [6.07, 6.45) is 2.00. The van der Waals surface area contributed by atoms with Gasteiger partial charge in [-0.05, 0) is 31.4 Å². The maximum atomic E-state index is 12.6. The Labute approximate surface area is 147 Å². The summed E-state index contributed by atoms with van der Waals surface area (Å²) in [5, 5.41) is 0.0655. The van der Waals surface area contributed by atoms with Gasteiger partial charge >= 0.3 is 0 Å². The van der Waals surface area contributed by atoms with E-state index in [2.05, 4.69) is 14.9 Å². The molecule has 0 radical (unpaired) electrons. The molecule has 0 aliphatic carbocycles. The summed E-state index contributed by atoms with van der Waals surface area (Å²) in [7, 11) is -3.39. The van der Waals surface area contributed by atoms with Gasteiger partial charge in [-0.15, -0.1) is 0 Å². The average Bonchev–Trinajstić information content (AvgIpc) is 2.54. The summed E-state index contributed by atoms with van der Waals surface area (Å²) < 4.78 is 34.9. The number of hydrogen-bond acceptors (Lipinski definition) is 7. The molecule has 0 bridgehead atoms. The predicted molar refractivity (Wildman–Crippen MR) is 91.2 cm³/mol. The van der Waals surface area contributed by atoms with Crippen molar-refractivity contribution >= 4 is 27.3 Å². The normalized spacial score (nSPS) is 24.8. The molecule has 2 aliphatic heterocycles. The van der Waals surface area contributed by atoms with Crippen LogP contribution in [-0.2, 0) is 24.1 Å². The number of nitrogens with zero attached hydrogens (tertiary/aromatic N) is 3. The first-order valence-corrected chi connectivity index (χ1v) is 10.3. The molecule has 2 saturated heterocycles. The number of morpholine rings is 1.